The van der Waals surface area contributed by atoms with E-state index in [1.54, 1.807) is 25.6 Å². The molecule has 0 aliphatic carbocycles. The molecule has 0 amide bonds. The molecule has 6 heteroatoms. The Morgan fingerprint density at radius 3 is 2.42 bits per heavy atom. The fourth-order valence-corrected chi connectivity index (χ4v) is 4.42. The van der Waals surface area contributed by atoms with E-state index >= 15 is 0 Å². The Balaban J connectivity index is 1.74. The third-order valence-corrected chi connectivity index (χ3v) is 6.06. The summed E-state index contributed by atoms with van der Waals surface area (Å²) in [5.41, 5.74) is 3.80. The smallest absolute Gasteiger partial charge is 0.210 e. The second kappa shape index (κ2) is 7.89. The number of hydrogen-bond acceptors (Lipinski definition) is 6. The molecule has 0 fully saturated rings. The summed E-state index contributed by atoms with van der Waals surface area (Å²) in [7, 11) is 3.30. The predicted molar refractivity (Wildman–Crippen MR) is 124 cm³/mol. The molecular weight excluding hydrogens is 408 g/mol. The lowest BCUT2D eigenvalue weighted by Crippen LogP contribution is -2.03. The van der Waals surface area contributed by atoms with Gasteiger partial charge < -0.3 is 13.9 Å². The number of benzene rings is 3. The summed E-state index contributed by atoms with van der Waals surface area (Å²) in [6.07, 6.45) is 0. The summed E-state index contributed by atoms with van der Waals surface area (Å²) in [6, 6.07) is 21.6. The van der Waals surface area contributed by atoms with Gasteiger partial charge in [0.1, 0.15) is 22.8 Å². The van der Waals surface area contributed by atoms with Gasteiger partial charge in [0.15, 0.2) is 0 Å². The summed E-state index contributed by atoms with van der Waals surface area (Å²) < 4.78 is 18.0. The average molecular weight is 429 g/mol. The SMILES string of the molecule is COc1ccc(-c2cc(=Nc3nc4c(C)cccc4s3)c3cc(OC)ccc3o2)cc1. The molecule has 0 radical (unpaired) electrons. The van der Waals surface area contributed by atoms with E-state index < -0.39 is 0 Å². The first-order valence-corrected chi connectivity index (χ1v) is 10.6. The molecular formula is C25H20N2O3S. The first kappa shape index (κ1) is 19.3. The van der Waals surface area contributed by atoms with Crippen molar-refractivity contribution in [2.75, 3.05) is 14.2 Å². The van der Waals surface area contributed by atoms with E-state index in [1.165, 1.54) is 0 Å². The number of fused-ring (bicyclic) bond motifs is 2. The molecule has 5 aromatic rings. The molecule has 0 saturated carbocycles. The number of aryl methyl sites for hydroxylation is 1. The maximum Gasteiger partial charge on any atom is 0.210 e. The second-order valence-corrected chi connectivity index (χ2v) is 8.13. The van der Waals surface area contributed by atoms with Crippen LogP contribution in [0.5, 0.6) is 11.5 Å². The van der Waals surface area contributed by atoms with Gasteiger partial charge >= 0.3 is 0 Å². The van der Waals surface area contributed by atoms with E-state index in [0.717, 1.165) is 54.9 Å². The highest BCUT2D eigenvalue weighted by atomic mass is 32.1. The molecule has 0 spiro atoms. The second-order valence-electron chi connectivity index (χ2n) is 7.12. The van der Waals surface area contributed by atoms with Crippen molar-refractivity contribution in [3.05, 3.63) is 77.7 Å². The van der Waals surface area contributed by atoms with Crippen LogP contribution in [0.3, 0.4) is 0 Å². The minimum atomic E-state index is 0.709. The van der Waals surface area contributed by atoms with Gasteiger partial charge in [0.05, 0.1) is 29.8 Å². The zero-order chi connectivity index (χ0) is 21.4. The highest BCUT2D eigenvalue weighted by Crippen LogP contribution is 2.31. The molecule has 5 nitrogen and oxygen atoms in total. The summed E-state index contributed by atoms with van der Waals surface area (Å²) in [4.78, 5) is 9.67. The quantitative estimate of drug-likeness (QED) is 0.339. The first-order chi connectivity index (χ1) is 15.1. The molecule has 0 N–H and O–H groups in total. The van der Waals surface area contributed by atoms with Crippen molar-refractivity contribution in [1.82, 2.24) is 4.98 Å². The third-order valence-electron chi connectivity index (χ3n) is 5.15. The lowest BCUT2D eigenvalue weighted by Gasteiger charge is -2.07. The molecule has 0 aliphatic heterocycles. The zero-order valence-corrected chi connectivity index (χ0v) is 18.2. The summed E-state index contributed by atoms with van der Waals surface area (Å²) in [5.74, 6) is 2.26. The molecule has 0 saturated heterocycles. The highest BCUT2D eigenvalue weighted by molar-refractivity contribution is 7.21. The Labute approximate surface area is 183 Å². The standard InChI is InChI=1S/C25H20N2O3S/c1-15-5-4-6-23-24(15)27-25(31-23)26-20-14-22(16-7-9-17(28-2)10-8-16)30-21-12-11-18(29-3)13-19(20)21/h4-14H,1-3H3. The monoisotopic (exact) mass is 428 g/mol. The molecule has 154 valence electrons. The highest BCUT2D eigenvalue weighted by Gasteiger charge is 2.10. The predicted octanol–water partition coefficient (Wildman–Crippen LogP) is 6.27. The Morgan fingerprint density at radius 1 is 0.903 bits per heavy atom. The van der Waals surface area contributed by atoms with Crippen LogP contribution in [0.4, 0.5) is 5.13 Å². The summed E-state index contributed by atoms with van der Waals surface area (Å²) >= 11 is 1.58. The minimum Gasteiger partial charge on any atom is -0.497 e. The number of ether oxygens (including phenoxy) is 2. The van der Waals surface area contributed by atoms with Gasteiger partial charge in [-0.1, -0.05) is 23.5 Å². The number of nitrogens with zero attached hydrogens (tertiary/aromatic N) is 2. The maximum atomic E-state index is 6.20. The molecule has 2 aromatic heterocycles. The van der Waals surface area contributed by atoms with Crippen molar-refractivity contribution < 1.29 is 13.9 Å². The van der Waals surface area contributed by atoms with Crippen LogP contribution in [0.1, 0.15) is 5.56 Å². The van der Waals surface area contributed by atoms with Gasteiger partial charge in [-0.3, -0.25) is 0 Å². The fourth-order valence-electron chi connectivity index (χ4n) is 3.49. The van der Waals surface area contributed by atoms with Gasteiger partial charge in [-0.05, 0) is 61.0 Å². The van der Waals surface area contributed by atoms with E-state index in [0.29, 0.717) is 5.13 Å². The fraction of sp³-hybridized carbons (Fsp3) is 0.120. The van der Waals surface area contributed by atoms with Crippen molar-refractivity contribution in [3.63, 3.8) is 0 Å². The van der Waals surface area contributed by atoms with Crippen molar-refractivity contribution >= 4 is 37.7 Å². The molecule has 31 heavy (non-hydrogen) atoms. The summed E-state index contributed by atoms with van der Waals surface area (Å²) in [6.45, 7) is 2.06. The third kappa shape index (κ3) is 3.66. The first-order valence-electron chi connectivity index (χ1n) is 9.82. The van der Waals surface area contributed by atoms with Crippen LogP contribution in [0.25, 0.3) is 32.5 Å². The molecule has 0 aliphatic rings. The molecule has 0 bridgehead atoms. The number of aromatic nitrogens is 1. The number of thiazole rings is 1. The van der Waals surface area contributed by atoms with E-state index in [4.69, 9.17) is 23.9 Å². The Bertz CT molecular complexity index is 1470. The number of para-hydroxylation sites is 1. The van der Waals surface area contributed by atoms with E-state index in [1.807, 2.05) is 54.6 Å². The minimum absolute atomic E-state index is 0.709. The molecule has 5 rings (SSSR count). The molecule has 0 unspecified atom stereocenters. The number of methoxy groups -OCH3 is 2. The van der Waals surface area contributed by atoms with Gasteiger partial charge in [0.25, 0.3) is 0 Å². The van der Waals surface area contributed by atoms with Crippen LogP contribution >= 0.6 is 11.3 Å². The topological polar surface area (TPSA) is 56.9 Å². The van der Waals surface area contributed by atoms with Gasteiger partial charge in [-0.2, -0.15) is 0 Å². The molecule has 2 heterocycles. The lowest BCUT2D eigenvalue weighted by atomic mass is 10.1. The summed E-state index contributed by atoms with van der Waals surface area (Å²) in [5, 5.41) is 2.36. The van der Waals surface area contributed by atoms with E-state index in [2.05, 4.69) is 19.1 Å². The van der Waals surface area contributed by atoms with Crippen LogP contribution in [0.15, 0.2) is 76.1 Å². The van der Waals surface area contributed by atoms with Crippen LogP contribution in [0.2, 0.25) is 0 Å². The van der Waals surface area contributed by atoms with Gasteiger partial charge in [0, 0.05) is 17.0 Å². The van der Waals surface area contributed by atoms with E-state index in [-0.39, 0.29) is 0 Å². The number of rotatable bonds is 4. The Kier molecular flexibility index (Phi) is 4.92. The van der Waals surface area contributed by atoms with Gasteiger partial charge in [0.2, 0.25) is 5.13 Å². The van der Waals surface area contributed by atoms with Gasteiger partial charge in [-0.15, -0.1) is 0 Å². The normalized spacial score (nSPS) is 11.9. The largest absolute Gasteiger partial charge is 0.497 e. The molecule has 0 atom stereocenters. The Hall–Kier alpha value is -3.64. The van der Waals surface area contributed by atoms with Crippen LogP contribution in [-0.4, -0.2) is 19.2 Å². The van der Waals surface area contributed by atoms with Crippen molar-refractivity contribution in [1.29, 1.82) is 0 Å². The van der Waals surface area contributed by atoms with E-state index in [9.17, 15) is 0 Å². The van der Waals surface area contributed by atoms with Crippen LogP contribution < -0.4 is 14.8 Å². The van der Waals surface area contributed by atoms with Crippen molar-refractivity contribution in [2.24, 2.45) is 4.99 Å². The van der Waals surface area contributed by atoms with Crippen molar-refractivity contribution in [2.45, 2.75) is 6.92 Å². The van der Waals surface area contributed by atoms with Gasteiger partial charge in [-0.25, -0.2) is 9.98 Å². The Morgan fingerprint density at radius 2 is 1.68 bits per heavy atom. The van der Waals surface area contributed by atoms with Crippen LogP contribution in [-0.2, 0) is 0 Å². The van der Waals surface area contributed by atoms with Crippen LogP contribution in [0, 0.1) is 6.92 Å². The average Bonchev–Trinajstić information content (AvgIpc) is 3.22. The molecule has 3 aromatic carbocycles. The maximum absolute atomic E-state index is 6.20. The zero-order valence-electron chi connectivity index (χ0n) is 17.4. The van der Waals surface area contributed by atoms with Crippen molar-refractivity contribution in [3.8, 4) is 22.8 Å². The number of hydrogen-bond donors (Lipinski definition) is 0. The lowest BCUT2D eigenvalue weighted by molar-refractivity contribution is 0.414.